The van der Waals surface area contributed by atoms with Crippen LogP contribution in [0.3, 0.4) is 0 Å². The van der Waals surface area contributed by atoms with Crippen LogP contribution in [-0.2, 0) is 9.59 Å². The number of benzene rings is 2. The van der Waals surface area contributed by atoms with Crippen LogP contribution in [-0.4, -0.2) is 72.2 Å². The van der Waals surface area contributed by atoms with E-state index in [-0.39, 0.29) is 24.4 Å². The highest BCUT2D eigenvalue weighted by atomic mass is 16.5. The van der Waals surface area contributed by atoms with Crippen molar-refractivity contribution in [3.63, 3.8) is 0 Å². The van der Waals surface area contributed by atoms with Gasteiger partial charge in [-0.25, -0.2) is 5.01 Å². The molecule has 7 nitrogen and oxygen atoms in total. The smallest absolute Gasteiger partial charge is 0.257 e. The van der Waals surface area contributed by atoms with E-state index in [1.54, 1.807) is 19.0 Å². The molecule has 2 aliphatic heterocycles. The lowest BCUT2D eigenvalue weighted by molar-refractivity contribution is -0.135. The molecule has 0 aromatic heterocycles. The Bertz CT molecular complexity index is 1070. The Morgan fingerprint density at radius 2 is 1.76 bits per heavy atom. The lowest BCUT2D eigenvalue weighted by Crippen LogP contribution is -2.50. The molecule has 0 radical (unpaired) electrons. The van der Waals surface area contributed by atoms with Crippen LogP contribution in [0.15, 0.2) is 47.6 Å². The van der Waals surface area contributed by atoms with Crippen molar-refractivity contribution in [2.24, 2.45) is 5.10 Å². The SMILES string of the molecule is COc1ccccc1C1CC(c2ccc(C)c(C)c2)=NN1C(=O)CN1CCN(C(C)=O)CC1. The molecule has 2 aliphatic rings. The molecule has 1 atom stereocenters. The van der Waals surface area contributed by atoms with Gasteiger partial charge in [0.1, 0.15) is 5.75 Å². The Labute approximate surface area is 195 Å². The molecular weight excluding hydrogens is 416 g/mol. The number of amides is 2. The Balaban J connectivity index is 1.59. The molecule has 1 saturated heterocycles. The first-order valence-electron chi connectivity index (χ1n) is 11.5. The van der Waals surface area contributed by atoms with Gasteiger partial charge < -0.3 is 9.64 Å². The third kappa shape index (κ3) is 4.93. The van der Waals surface area contributed by atoms with Gasteiger partial charge in [-0.3, -0.25) is 14.5 Å². The first kappa shape index (κ1) is 23.0. The summed E-state index contributed by atoms with van der Waals surface area (Å²) in [6.07, 6.45) is 0.632. The predicted octanol–water partition coefficient (Wildman–Crippen LogP) is 3.15. The minimum absolute atomic E-state index is 0.0407. The molecule has 33 heavy (non-hydrogen) atoms. The summed E-state index contributed by atoms with van der Waals surface area (Å²) < 4.78 is 5.61. The standard InChI is InChI=1S/C26H32N4O3/c1-18-9-10-21(15-19(18)2)23-16-24(22-7-5-6-8-25(22)33-4)30(27-23)26(32)17-28-11-13-29(14-12-28)20(3)31/h5-10,15,24H,11-14,16-17H2,1-4H3. The average molecular weight is 449 g/mol. The van der Waals surface area contributed by atoms with Crippen molar-refractivity contribution < 1.29 is 14.3 Å². The van der Waals surface area contributed by atoms with Crippen molar-refractivity contribution in [1.82, 2.24) is 14.8 Å². The van der Waals surface area contributed by atoms with E-state index in [1.807, 2.05) is 29.2 Å². The van der Waals surface area contributed by atoms with E-state index in [0.717, 1.165) is 22.6 Å². The molecule has 2 aromatic carbocycles. The highest BCUT2D eigenvalue weighted by Gasteiger charge is 2.35. The largest absolute Gasteiger partial charge is 0.496 e. The number of hydrogen-bond acceptors (Lipinski definition) is 5. The number of nitrogens with zero attached hydrogens (tertiary/aromatic N) is 4. The molecule has 2 heterocycles. The number of carbonyl (C=O) groups is 2. The van der Waals surface area contributed by atoms with Crippen LogP contribution in [0.2, 0.25) is 0 Å². The monoisotopic (exact) mass is 448 g/mol. The third-order valence-corrected chi connectivity index (χ3v) is 6.68. The molecule has 0 N–H and O–H groups in total. The summed E-state index contributed by atoms with van der Waals surface area (Å²) in [5.41, 5.74) is 5.35. The number of methoxy groups -OCH3 is 1. The summed E-state index contributed by atoms with van der Waals surface area (Å²) in [6, 6.07) is 13.9. The normalized spacial score (nSPS) is 18.9. The van der Waals surface area contributed by atoms with E-state index < -0.39 is 0 Å². The molecule has 7 heteroatoms. The van der Waals surface area contributed by atoms with Gasteiger partial charge >= 0.3 is 0 Å². The van der Waals surface area contributed by atoms with Gasteiger partial charge in [0.15, 0.2) is 0 Å². The highest BCUT2D eigenvalue weighted by Crippen LogP contribution is 2.37. The molecule has 2 amide bonds. The maximum Gasteiger partial charge on any atom is 0.257 e. The zero-order chi connectivity index (χ0) is 23.5. The quantitative estimate of drug-likeness (QED) is 0.705. The molecule has 1 unspecified atom stereocenters. The van der Waals surface area contributed by atoms with Crippen LogP contribution in [0, 0.1) is 13.8 Å². The van der Waals surface area contributed by atoms with Crippen LogP contribution in [0.1, 0.15) is 41.6 Å². The molecule has 1 fully saturated rings. The second kappa shape index (κ2) is 9.75. The van der Waals surface area contributed by atoms with Gasteiger partial charge in [-0.05, 0) is 42.7 Å². The van der Waals surface area contributed by atoms with Crippen molar-refractivity contribution in [3.05, 3.63) is 64.7 Å². The van der Waals surface area contributed by atoms with Gasteiger partial charge in [0.2, 0.25) is 5.91 Å². The predicted molar refractivity (Wildman–Crippen MR) is 128 cm³/mol. The van der Waals surface area contributed by atoms with Crippen LogP contribution in [0.4, 0.5) is 0 Å². The topological polar surface area (TPSA) is 65.5 Å². The van der Waals surface area contributed by atoms with E-state index in [4.69, 9.17) is 9.84 Å². The third-order valence-electron chi connectivity index (χ3n) is 6.68. The number of hydrazone groups is 1. The second-order valence-corrected chi connectivity index (χ2v) is 8.83. The Morgan fingerprint density at radius 3 is 2.42 bits per heavy atom. The van der Waals surface area contributed by atoms with E-state index in [0.29, 0.717) is 32.6 Å². The molecular formula is C26H32N4O3. The summed E-state index contributed by atoms with van der Waals surface area (Å²) in [5.74, 6) is 0.798. The van der Waals surface area contributed by atoms with Crippen molar-refractivity contribution in [2.45, 2.75) is 33.2 Å². The first-order valence-corrected chi connectivity index (χ1v) is 11.5. The van der Waals surface area contributed by atoms with Gasteiger partial charge in [0, 0.05) is 45.1 Å². The van der Waals surface area contributed by atoms with Crippen LogP contribution in [0.5, 0.6) is 5.75 Å². The lowest BCUT2D eigenvalue weighted by Gasteiger charge is -2.34. The summed E-state index contributed by atoms with van der Waals surface area (Å²) in [6.45, 7) is 8.72. The zero-order valence-electron chi connectivity index (χ0n) is 19.9. The van der Waals surface area contributed by atoms with Crippen molar-refractivity contribution >= 4 is 17.5 Å². The number of rotatable bonds is 5. The summed E-state index contributed by atoms with van der Waals surface area (Å²) in [5, 5.41) is 6.46. The molecule has 4 rings (SSSR count). The number of hydrogen-bond donors (Lipinski definition) is 0. The average Bonchev–Trinajstić information content (AvgIpc) is 3.26. The van der Waals surface area contributed by atoms with Crippen LogP contribution < -0.4 is 4.74 Å². The number of ether oxygens (including phenoxy) is 1. The maximum absolute atomic E-state index is 13.5. The summed E-state index contributed by atoms with van der Waals surface area (Å²) in [7, 11) is 1.65. The molecule has 0 saturated carbocycles. The van der Waals surface area contributed by atoms with E-state index >= 15 is 0 Å². The second-order valence-electron chi connectivity index (χ2n) is 8.83. The summed E-state index contributed by atoms with van der Waals surface area (Å²) >= 11 is 0. The molecule has 0 spiro atoms. The maximum atomic E-state index is 13.5. The van der Waals surface area contributed by atoms with Crippen LogP contribution in [0.25, 0.3) is 0 Å². The fourth-order valence-electron chi connectivity index (χ4n) is 4.50. The zero-order valence-corrected chi connectivity index (χ0v) is 19.9. The molecule has 0 bridgehead atoms. The minimum Gasteiger partial charge on any atom is -0.496 e. The Morgan fingerprint density at radius 1 is 1.03 bits per heavy atom. The van der Waals surface area contributed by atoms with Gasteiger partial charge in [-0.15, -0.1) is 0 Å². The number of aryl methyl sites for hydroxylation is 2. The van der Waals surface area contributed by atoms with Gasteiger partial charge in [-0.2, -0.15) is 5.10 Å². The highest BCUT2D eigenvalue weighted by molar-refractivity contribution is 6.03. The number of para-hydroxylation sites is 1. The molecule has 0 aliphatic carbocycles. The minimum atomic E-state index is -0.219. The fourth-order valence-corrected chi connectivity index (χ4v) is 4.50. The van der Waals surface area contributed by atoms with E-state index in [2.05, 4.69) is 36.9 Å². The van der Waals surface area contributed by atoms with Gasteiger partial charge in [-0.1, -0.05) is 30.3 Å². The van der Waals surface area contributed by atoms with E-state index in [1.165, 1.54) is 11.1 Å². The van der Waals surface area contributed by atoms with Crippen LogP contribution >= 0.6 is 0 Å². The lowest BCUT2D eigenvalue weighted by atomic mass is 9.96. The van der Waals surface area contributed by atoms with Gasteiger partial charge in [0.25, 0.3) is 5.91 Å². The molecule has 2 aromatic rings. The van der Waals surface area contributed by atoms with Crippen molar-refractivity contribution in [2.75, 3.05) is 39.8 Å². The van der Waals surface area contributed by atoms with Crippen molar-refractivity contribution in [3.8, 4) is 5.75 Å². The fraction of sp³-hybridized carbons (Fsp3) is 0.423. The number of carbonyl (C=O) groups excluding carboxylic acids is 2. The van der Waals surface area contributed by atoms with E-state index in [9.17, 15) is 9.59 Å². The Hall–Kier alpha value is -3.19. The Kier molecular flexibility index (Phi) is 6.79. The van der Waals surface area contributed by atoms with Gasteiger partial charge in [0.05, 0.1) is 25.4 Å². The molecule has 174 valence electrons. The van der Waals surface area contributed by atoms with Crippen molar-refractivity contribution in [1.29, 1.82) is 0 Å². The summed E-state index contributed by atoms with van der Waals surface area (Å²) in [4.78, 5) is 29.0. The number of piperazine rings is 1. The first-order chi connectivity index (χ1) is 15.9.